The summed E-state index contributed by atoms with van der Waals surface area (Å²) in [4.78, 5) is 4.75. The van der Waals surface area contributed by atoms with Crippen LogP contribution >= 0.6 is 0 Å². The first kappa shape index (κ1) is 12.4. The van der Waals surface area contributed by atoms with Crippen LogP contribution in [0.25, 0.3) is 0 Å². The summed E-state index contributed by atoms with van der Waals surface area (Å²) in [5.74, 6) is 2.66. The van der Waals surface area contributed by atoms with E-state index < -0.39 is 0 Å². The number of imidazole rings is 1. The van der Waals surface area contributed by atoms with Crippen LogP contribution in [0.4, 0.5) is 5.82 Å². The van der Waals surface area contributed by atoms with Gasteiger partial charge in [-0.15, -0.1) is 0 Å². The van der Waals surface area contributed by atoms with Crippen LogP contribution < -0.4 is 5.73 Å². The van der Waals surface area contributed by atoms with Gasteiger partial charge in [0.2, 0.25) is 0 Å². The van der Waals surface area contributed by atoms with Gasteiger partial charge >= 0.3 is 0 Å². The molecule has 0 aliphatic heterocycles. The molecule has 1 atom stereocenters. The minimum absolute atomic E-state index is 0.262. The molecule has 2 rings (SSSR count). The van der Waals surface area contributed by atoms with E-state index in [0.717, 1.165) is 17.3 Å². The SMILES string of the molecule is COCC(C)c1nc(C(C)C)n(C2CC2)c1N. The highest BCUT2D eigenvalue weighted by Crippen LogP contribution is 2.41. The maximum atomic E-state index is 6.26. The van der Waals surface area contributed by atoms with Gasteiger partial charge in [0.1, 0.15) is 11.6 Å². The van der Waals surface area contributed by atoms with E-state index in [9.17, 15) is 0 Å². The fourth-order valence-corrected chi connectivity index (χ4v) is 2.30. The summed E-state index contributed by atoms with van der Waals surface area (Å²) in [7, 11) is 1.72. The summed E-state index contributed by atoms with van der Waals surface area (Å²) in [5, 5.41) is 0. The van der Waals surface area contributed by atoms with Crippen molar-refractivity contribution >= 4 is 5.82 Å². The Morgan fingerprint density at radius 2 is 2.06 bits per heavy atom. The molecule has 4 heteroatoms. The molecule has 1 unspecified atom stereocenters. The monoisotopic (exact) mass is 237 g/mol. The third-order valence-corrected chi connectivity index (χ3v) is 3.32. The van der Waals surface area contributed by atoms with E-state index in [1.54, 1.807) is 7.11 Å². The van der Waals surface area contributed by atoms with Crippen LogP contribution in [0.15, 0.2) is 0 Å². The van der Waals surface area contributed by atoms with Crippen molar-refractivity contribution in [1.82, 2.24) is 9.55 Å². The molecular formula is C13H23N3O. The lowest BCUT2D eigenvalue weighted by atomic mass is 10.1. The van der Waals surface area contributed by atoms with Crippen molar-refractivity contribution in [2.45, 2.75) is 51.5 Å². The van der Waals surface area contributed by atoms with Gasteiger partial charge in [0.25, 0.3) is 0 Å². The summed E-state index contributed by atoms with van der Waals surface area (Å²) in [6.07, 6.45) is 2.47. The quantitative estimate of drug-likeness (QED) is 0.856. The van der Waals surface area contributed by atoms with E-state index in [2.05, 4.69) is 25.3 Å². The Hall–Kier alpha value is -1.03. The standard InChI is InChI=1S/C13H23N3O/c1-8(2)13-15-11(9(3)7-17-4)12(14)16(13)10-5-6-10/h8-10H,5-7,14H2,1-4H3. The Kier molecular flexibility index (Phi) is 3.43. The van der Waals surface area contributed by atoms with Gasteiger partial charge in [-0.3, -0.25) is 0 Å². The van der Waals surface area contributed by atoms with Gasteiger partial charge in [0, 0.05) is 25.0 Å². The van der Waals surface area contributed by atoms with Crippen molar-refractivity contribution < 1.29 is 4.74 Å². The molecule has 0 aromatic carbocycles. The van der Waals surface area contributed by atoms with E-state index in [4.69, 9.17) is 15.5 Å². The Bertz CT molecular complexity index is 394. The topological polar surface area (TPSA) is 53.1 Å². The lowest BCUT2D eigenvalue weighted by Gasteiger charge is -2.11. The number of aromatic nitrogens is 2. The van der Waals surface area contributed by atoms with E-state index in [-0.39, 0.29) is 5.92 Å². The Morgan fingerprint density at radius 3 is 2.53 bits per heavy atom. The summed E-state index contributed by atoms with van der Waals surface area (Å²) in [6.45, 7) is 7.13. The van der Waals surface area contributed by atoms with Crippen LogP contribution in [0.3, 0.4) is 0 Å². The molecule has 1 fully saturated rings. The number of anilines is 1. The van der Waals surface area contributed by atoms with Gasteiger partial charge in [-0.1, -0.05) is 20.8 Å². The van der Waals surface area contributed by atoms with Gasteiger partial charge in [-0.25, -0.2) is 4.98 Å². The highest BCUT2D eigenvalue weighted by molar-refractivity contribution is 5.42. The van der Waals surface area contributed by atoms with Crippen LogP contribution in [0.5, 0.6) is 0 Å². The first-order valence-electron chi connectivity index (χ1n) is 6.42. The second kappa shape index (κ2) is 4.69. The summed E-state index contributed by atoms with van der Waals surface area (Å²) >= 11 is 0. The average Bonchev–Trinajstić information content (AvgIpc) is 3.02. The van der Waals surface area contributed by atoms with E-state index in [1.807, 2.05) is 0 Å². The molecule has 0 spiro atoms. The molecule has 1 aliphatic rings. The number of nitrogen functional groups attached to an aromatic ring is 1. The Balaban J connectivity index is 2.37. The third kappa shape index (κ3) is 2.32. The molecule has 1 aromatic heterocycles. The zero-order valence-corrected chi connectivity index (χ0v) is 11.2. The molecule has 96 valence electrons. The zero-order valence-electron chi connectivity index (χ0n) is 11.2. The van der Waals surface area contributed by atoms with Gasteiger partial charge < -0.3 is 15.0 Å². The van der Waals surface area contributed by atoms with Crippen LogP contribution in [0.2, 0.25) is 0 Å². The molecule has 4 nitrogen and oxygen atoms in total. The van der Waals surface area contributed by atoms with Crippen LogP contribution in [0, 0.1) is 0 Å². The number of rotatable bonds is 5. The number of hydrogen-bond acceptors (Lipinski definition) is 3. The summed E-state index contributed by atoms with van der Waals surface area (Å²) in [5.41, 5.74) is 7.26. The van der Waals surface area contributed by atoms with Crippen molar-refractivity contribution in [3.05, 3.63) is 11.5 Å². The van der Waals surface area contributed by atoms with Gasteiger partial charge in [0.05, 0.1) is 12.3 Å². The smallest absolute Gasteiger partial charge is 0.127 e. The van der Waals surface area contributed by atoms with Crippen molar-refractivity contribution in [2.24, 2.45) is 0 Å². The first-order valence-corrected chi connectivity index (χ1v) is 6.42. The first-order chi connectivity index (χ1) is 8.06. The Morgan fingerprint density at radius 1 is 1.41 bits per heavy atom. The van der Waals surface area contributed by atoms with Crippen LogP contribution in [0.1, 0.15) is 63.0 Å². The average molecular weight is 237 g/mol. The molecule has 1 saturated carbocycles. The summed E-state index contributed by atoms with van der Waals surface area (Å²) < 4.78 is 7.44. The largest absolute Gasteiger partial charge is 0.384 e. The van der Waals surface area contributed by atoms with Crippen molar-refractivity contribution in [2.75, 3.05) is 19.5 Å². The Labute approximate surface area is 103 Å². The molecule has 0 bridgehead atoms. The maximum Gasteiger partial charge on any atom is 0.127 e. The summed E-state index contributed by atoms with van der Waals surface area (Å²) in [6, 6.07) is 0.586. The molecule has 1 heterocycles. The van der Waals surface area contributed by atoms with Crippen LogP contribution in [-0.2, 0) is 4.74 Å². The molecule has 0 saturated heterocycles. The van der Waals surface area contributed by atoms with E-state index in [0.29, 0.717) is 18.6 Å². The number of methoxy groups -OCH3 is 1. The number of hydrogen-bond donors (Lipinski definition) is 1. The van der Waals surface area contributed by atoms with Crippen molar-refractivity contribution in [3.8, 4) is 0 Å². The lowest BCUT2D eigenvalue weighted by molar-refractivity contribution is 0.183. The molecule has 0 amide bonds. The highest BCUT2D eigenvalue weighted by Gasteiger charge is 2.31. The molecule has 1 aromatic rings. The lowest BCUT2D eigenvalue weighted by Crippen LogP contribution is -2.08. The minimum Gasteiger partial charge on any atom is -0.384 e. The zero-order chi connectivity index (χ0) is 12.6. The highest BCUT2D eigenvalue weighted by atomic mass is 16.5. The molecule has 17 heavy (non-hydrogen) atoms. The van der Waals surface area contributed by atoms with Gasteiger partial charge in [-0.2, -0.15) is 0 Å². The maximum absolute atomic E-state index is 6.26. The number of nitrogens with two attached hydrogens (primary N) is 1. The molecule has 0 radical (unpaired) electrons. The third-order valence-electron chi connectivity index (χ3n) is 3.32. The number of ether oxygens (including phenoxy) is 1. The van der Waals surface area contributed by atoms with Crippen molar-refractivity contribution in [1.29, 1.82) is 0 Å². The minimum atomic E-state index is 0.262. The normalized spacial score (nSPS) is 17.7. The molecular weight excluding hydrogens is 214 g/mol. The number of nitrogens with zero attached hydrogens (tertiary/aromatic N) is 2. The van der Waals surface area contributed by atoms with Gasteiger partial charge in [-0.05, 0) is 12.8 Å². The molecule has 2 N–H and O–H groups in total. The van der Waals surface area contributed by atoms with E-state index >= 15 is 0 Å². The second-order valence-electron chi connectivity index (χ2n) is 5.35. The predicted molar refractivity (Wildman–Crippen MR) is 69.3 cm³/mol. The fourth-order valence-electron chi connectivity index (χ4n) is 2.30. The fraction of sp³-hybridized carbons (Fsp3) is 0.769. The predicted octanol–water partition coefficient (Wildman–Crippen LogP) is 2.67. The second-order valence-corrected chi connectivity index (χ2v) is 5.35. The van der Waals surface area contributed by atoms with Gasteiger partial charge in [0.15, 0.2) is 0 Å². The van der Waals surface area contributed by atoms with Crippen LogP contribution in [-0.4, -0.2) is 23.3 Å². The van der Waals surface area contributed by atoms with Crippen molar-refractivity contribution in [3.63, 3.8) is 0 Å². The van der Waals surface area contributed by atoms with E-state index in [1.165, 1.54) is 12.8 Å². The molecule has 1 aliphatic carbocycles.